The van der Waals surface area contributed by atoms with Gasteiger partial charge in [0, 0.05) is 16.3 Å². The predicted molar refractivity (Wildman–Crippen MR) is 83.5 cm³/mol. The first-order valence-electron chi connectivity index (χ1n) is 6.48. The van der Waals surface area contributed by atoms with E-state index in [1.807, 2.05) is 50.2 Å². The van der Waals surface area contributed by atoms with Gasteiger partial charge in [0.1, 0.15) is 0 Å². The van der Waals surface area contributed by atoms with Gasteiger partial charge in [-0.05, 0) is 54.1 Å². The Labute approximate surface area is 127 Å². The van der Waals surface area contributed by atoms with Gasteiger partial charge in [-0.1, -0.05) is 29.3 Å². The maximum atomic E-state index is 6.18. The molecule has 0 atom stereocenters. The first-order valence-corrected chi connectivity index (χ1v) is 6.86. The molecule has 3 aromatic rings. The zero-order valence-corrected chi connectivity index (χ0v) is 12.5. The van der Waals surface area contributed by atoms with Gasteiger partial charge in [-0.3, -0.25) is 0 Å². The van der Waals surface area contributed by atoms with Crippen molar-refractivity contribution in [3.05, 3.63) is 52.5 Å². The van der Waals surface area contributed by atoms with Crippen molar-refractivity contribution >= 4 is 17.3 Å². The monoisotopic (exact) mass is 299 g/mol. The summed E-state index contributed by atoms with van der Waals surface area (Å²) in [4.78, 5) is 0. The van der Waals surface area contributed by atoms with Crippen LogP contribution in [-0.4, -0.2) is 20.2 Å². The van der Waals surface area contributed by atoms with Gasteiger partial charge in [-0.15, -0.1) is 5.10 Å². The van der Waals surface area contributed by atoms with E-state index in [9.17, 15) is 0 Å². The highest BCUT2D eigenvalue weighted by atomic mass is 35.5. The number of nitrogens with two attached hydrogens (primary N) is 1. The van der Waals surface area contributed by atoms with Crippen LogP contribution in [0.25, 0.3) is 17.1 Å². The van der Waals surface area contributed by atoms with E-state index in [0.29, 0.717) is 16.5 Å². The predicted octanol–water partition coefficient (Wildman–Crippen LogP) is 3.18. The number of nitrogen functional groups attached to an aromatic ring is 1. The van der Waals surface area contributed by atoms with Crippen molar-refractivity contribution < 1.29 is 0 Å². The number of nitrogens with zero attached hydrogens (tertiary/aromatic N) is 4. The smallest absolute Gasteiger partial charge is 0.189 e. The number of halogens is 1. The van der Waals surface area contributed by atoms with Crippen LogP contribution >= 0.6 is 11.6 Å². The third-order valence-electron chi connectivity index (χ3n) is 3.39. The molecule has 1 aromatic heterocycles. The van der Waals surface area contributed by atoms with Gasteiger partial charge < -0.3 is 5.73 Å². The topological polar surface area (TPSA) is 69.6 Å². The minimum atomic E-state index is 0.599. The molecule has 0 aliphatic heterocycles. The number of benzene rings is 2. The maximum Gasteiger partial charge on any atom is 0.189 e. The van der Waals surface area contributed by atoms with Crippen molar-refractivity contribution in [1.82, 2.24) is 20.2 Å². The van der Waals surface area contributed by atoms with Crippen molar-refractivity contribution in [2.24, 2.45) is 0 Å². The number of tetrazole rings is 1. The molecule has 1 heterocycles. The average Bonchev–Trinajstić information content (AvgIpc) is 2.93. The summed E-state index contributed by atoms with van der Waals surface area (Å²) < 4.78 is 1.66. The summed E-state index contributed by atoms with van der Waals surface area (Å²) >= 11 is 6.18. The minimum absolute atomic E-state index is 0.599. The molecule has 21 heavy (non-hydrogen) atoms. The molecular formula is C15H14ClN5. The second-order valence-electron chi connectivity index (χ2n) is 4.89. The SMILES string of the molecule is Cc1ccc(N)c(-c2nnnn2-c2cccc(Cl)c2C)c1. The molecule has 0 saturated carbocycles. The Morgan fingerprint density at radius 3 is 2.76 bits per heavy atom. The van der Waals surface area contributed by atoms with Gasteiger partial charge in [0.15, 0.2) is 5.82 Å². The van der Waals surface area contributed by atoms with Gasteiger partial charge in [0.25, 0.3) is 0 Å². The molecule has 5 nitrogen and oxygen atoms in total. The van der Waals surface area contributed by atoms with Gasteiger partial charge in [0.2, 0.25) is 0 Å². The Bertz CT molecular complexity index is 793. The highest BCUT2D eigenvalue weighted by Gasteiger charge is 2.15. The van der Waals surface area contributed by atoms with E-state index in [2.05, 4.69) is 15.5 Å². The zero-order chi connectivity index (χ0) is 15.0. The maximum absolute atomic E-state index is 6.18. The van der Waals surface area contributed by atoms with Crippen molar-refractivity contribution in [1.29, 1.82) is 0 Å². The molecule has 0 saturated heterocycles. The van der Waals surface area contributed by atoms with Crippen LogP contribution in [0.2, 0.25) is 5.02 Å². The molecule has 2 aromatic carbocycles. The molecule has 0 aliphatic rings. The van der Waals surface area contributed by atoms with E-state index in [-0.39, 0.29) is 0 Å². The molecule has 0 aliphatic carbocycles. The molecule has 0 amide bonds. The van der Waals surface area contributed by atoms with Crippen LogP contribution in [0.3, 0.4) is 0 Å². The number of aromatic nitrogens is 4. The molecule has 6 heteroatoms. The van der Waals surface area contributed by atoms with E-state index >= 15 is 0 Å². The van der Waals surface area contributed by atoms with E-state index in [0.717, 1.165) is 22.4 Å². The highest BCUT2D eigenvalue weighted by molar-refractivity contribution is 6.31. The average molecular weight is 300 g/mol. The Morgan fingerprint density at radius 2 is 1.95 bits per heavy atom. The van der Waals surface area contributed by atoms with Crippen molar-refractivity contribution in [2.75, 3.05) is 5.73 Å². The number of hydrogen-bond acceptors (Lipinski definition) is 4. The van der Waals surface area contributed by atoms with Crippen LogP contribution in [0.1, 0.15) is 11.1 Å². The second kappa shape index (κ2) is 5.18. The first kappa shape index (κ1) is 13.6. The van der Waals surface area contributed by atoms with E-state index < -0.39 is 0 Å². The fourth-order valence-corrected chi connectivity index (χ4v) is 2.38. The summed E-state index contributed by atoms with van der Waals surface area (Å²) in [6, 6.07) is 11.4. The lowest BCUT2D eigenvalue weighted by Crippen LogP contribution is -2.04. The van der Waals surface area contributed by atoms with Crippen molar-refractivity contribution in [3.63, 3.8) is 0 Å². The Morgan fingerprint density at radius 1 is 1.14 bits per heavy atom. The summed E-state index contributed by atoms with van der Waals surface area (Å²) in [5.74, 6) is 0.599. The van der Waals surface area contributed by atoms with Crippen LogP contribution < -0.4 is 5.73 Å². The normalized spacial score (nSPS) is 10.8. The molecule has 0 fully saturated rings. The molecule has 0 bridgehead atoms. The van der Waals surface area contributed by atoms with E-state index in [4.69, 9.17) is 17.3 Å². The molecule has 0 radical (unpaired) electrons. The summed E-state index contributed by atoms with van der Waals surface area (Å²) in [6.45, 7) is 3.93. The molecule has 2 N–H and O–H groups in total. The lowest BCUT2D eigenvalue weighted by molar-refractivity contribution is 0.787. The van der Waals surface area contributed by atoms with Crippen LogP contribution in [-0.2, 0) is 0 Å². The molecule has 0 spiro atoms. The minimum Gasteiger partial charge on any atom is -0.398 e. The van der Waals surface area contributed by atoms with Crippen LogP contribution in [0.4, 0.5) is 5.69 Å². The third kappa shape index (κ3) is 2.36. The molecule has 3 rings (SSSR count). The zero-order valence-electron chi connectivity index (χ0n) is 11.7. The lowest BCUT2D eigenvalue weighted by Gasteiger charge is -2.10. The van der Waals surface area contributed by atoms with Crippen LogP contribution in [0.5, 0.6) is 0 Å². The standard InChI is InChI=1S/C15H14ClN5/c1-9-6-7-13(17)11(8-9)15-18-19-20-21(15)14-5-3-4-12(16)10(14)2/h3-8H,17H2,1-2H3. The number of aryl methyl sites for hydroxylation is 1. The number of rotatable bonds is 2. The first-order chi connectivity index (χ1) is 10.1. The fraction of sp³-hybridized carbons (Fsp3) is 0.133. The van der Waals surface area contributed by atoms with Gasteiger partial charge in [0.05, 0.1) is 5.69 Å². The fourth-order valence-electron chi connectivity index (χ4n) is 2.21. The largest absolute Gasteiger partial charge is 0.398 e. The molecular weight excluding hydrogens is 286 g/mol. The summed E-state index contributed by atoms with van der Waals surface area (Å²) in [6.07, 6.45) is 0. The number of hydrogen-bond donors (Lipinski definition) is 1. The van der Waals surface area contributed by atoms with Crippen molar-refractivity contribution in [2.45, 2.75) is 13.8 Å². The van der Waals surface area contributed by atoms with Gasteiger partial charge >= 0.3 is 0 Å². The Kier molecular flexibility index (Phi) is 3.35. The van der Waals surface area contributed by atoms with Crippen LogP contribution in [0.15, 0.2) is 36.4 Å². The molecule has 0 unspecified atom stereocenters. The lowest BCUT2D eigenvalue weighted by atomic mass is 10.1. The van der Waals surface area contributed by atoms with Gasteiger partial charge in [-0.25, -0.2) is 0 Å². The summed E-state index contributed by atoms with van der Waals surface area (Å²) in [5, 5.41) is 12.6. The molecule has 106 valence electrons. The Balaban J connectivity index is 2.22. The Hall–Kier alpha value is -2.40. The summed E-state index contributed by atoms with van der Waals surface area (Å²) in [5.41, 5.74) is 10.3. The van der Waals surface area contributed by atoms with Crippen molar-refractivity contribution in [3.8, 4) is 17.1 Å². The number of anilines is 1. The third-order valence-corrected chi connectivity index (χ3v) is 3.80. The summed E-state index contributed by atoms with van der Waals surface area (Å²) in [7, 11) is 0. The van der Waals surface area contributed by atoms with Crippen LogP contribution in [0, 0.1) is 13.8 Å². The van der Waals surface area contributed by atoms with E-state index in [1.165, 1.54) is 0 Å². The quantitative estimate of drug-likeness (QED) is 0.738. The van der Waals surface area contributed by atoms with E-state index in [1.54, 1.807) is 4.68 Å². The van der Waals surface area contributed by atoms with Gasteiger partial charge in [-0.2, -0.15) is 4.68 Å². The second-order valence-corrected chi connectivity index (χ2v) is 5.30. The highest BCUT2D eigenvalue weighted by Crippen LogP contribution is 2.29.